The molecule has 2 aromatic heterocycles. The van der Waals surface area contributed by atoms with Crippen molar-refractivity contribution in [3.8, 4) is 5.75 Å². The van der Waals surface area contributed by atoms with Crippen LogP contribution in [0, 0.1) is 0 Å². The third kappa shape index (κ3) is 3.32. The Morgan fingerprint density at radius 3 is 2.68 bits per heavy atom. The molecule has 1 aromatic carbocycles. The first-order valence-corrected chi connectivity index (χ1v) is 9.03. The molecule has 0 bridgehead atoms. The fourth-order valence-corrected chi connectivity index (χ4v) is 3.26. The molecule has 3 heterocycles. The smallest absolute Gasteiger partial charge is 0.275 e. The zero-order valence-electron chi connectivity index (χ0n) is 15.1. The molecule has 0 aliphatic carbocycles. The van der Waals surface area contributed by atoms with Crippen molar-refractivity contribution in [1.29, 1.82) is 0 Å². The maximum Gasteiger partial charge on any atom is 0.275 e. The third-order valence-corrected chi connectivity index (χ3v) is 4.66. The number of carbonyl (C=O) groups is 1. The molecule has 1 aliphatic heterocycles. The summed E-state index contributed by atoms with van der Waals surface area (Å²) in [7, 11) is 0. The van der Waals surface area contributed by atoms with Gasteiger partial charge in [-0.2, -0.15) is 5.10 Å². The van der Waals surface area contributed by atoms with Gasteiger partial charge in [0, 0.05) is 19.3 Å². The Balaban J connectivity index is 1.69. The van der Waals surface area contributed by atoms with Crippen LogP contribution < -0.4 is 15.9 Å². The second-order valence-electron chi connectivity index (χ2n) is 6.49. The summed E-state index contributed by atoms with van der Waals surface area (Å²) in [6.45, 7) is 1.64. The van der Waals surface area contributed by atoms with E-state index in [2.05, 4.69) is 20.4 Å². The van der Waals surface area contributed by atoms with Crippen molar-refractivity contribution >= 4 is 23.6 Å². The Hall–Kier alpha value is -3.68. The first-order valence-electron chi connectivity index (χ1n) is 9.03. The van der Waals surface area contributed by atoms with Crippen LogP contribution in [-0.4, -0.2) is 39.7 Å². The zero-order valence-corrected chi connectivity index (χ0v) is 15.1. The number of benzene rings is 1. The molecule has 3 aromatic rings. The van der Waals surface area contributed by atoms with E-state index in [-0.39, 0.29) is 16.9 Å². The Morgan fingerprint density at radius 1 is 1.14 bits per heavy atom. The summed E-state index contributed by atoms with van der Waals surface area (Å²) in [5, 5.41) is 13.7. The highest BCUT2D eigenvalue weighted by atomic mass is 16.3. The molecule has 8 heteroatoms. The van der Waals surface area contributed by atoms with Crippen molar-refractivity contribution in [2.24, 2.45) is 5.10 Å². The van der Waals surface area contributed by atoms with E-state index in [9.17, 15) is 14.7 Å². The quantitative estimate of drug-likeness (QED) is 0.533. The van der Waals surface area contributed by atoms with Crippen LogP contribution in [0.25, 0.3) is 5.65 Å². The lowest BCUT2D eigenvalue weighted by atomic mass is 10.2. The summed E-state index contributed by atoms with van der Waals surface area (Å²) in [6.07, 6.45) is 5.05. The van der Waals surface area contributed by atoms with Gasteiger partial charge in [-0.15, -0.1) is 0 Å². The Labute approximate surface area is 160 Å². The van der Waals surface area contributed by atoms with E-state index in [4.69, 9.17) is 0 Å². The lowest BCUT2D eigenvalue weighted by Crippen LogP contribution is -2.28. The summed E-state index contributed by atoms with van der Waals surface area (Å²) in [5.41, 5.74) is 3.07. The summed E-state index contributed by atoms with van der Waals surface area (Å²) in [5.74, 6) is -0.138. The molecule has 142 valence electrons. The number of rotatable bonds is 4. The van der Waals surface area contributed by atoms with Crippen molar-refractivity contribution in [2.75, 3.05) is 18.0 Å². The van der Waals surface area contributed by atoms with Gasteiger partial charge >= 0.3 is 0 Å². The number of para-hydroxylation sites is 1. The highest BCUT2D eigenvalue weighted by molar-refractivity contribution is 5.97. The highest BCUT2D eigenvalue weighted by Crippen LogP contribution is 2.20. The maximum atomic E-state index is 13.0. The van der Waals surface area contributed by atoms with E-state index in [1.54, 1.807) is 30.5 Å². The standard InChI is InChI=1S/C20H19N5O3/c26-16-8-2-1-7-14(16)19(27)23-21-13-15-18(24-10-5-6-11-24)22-17-9-3-4-12-25(17)20(15)28/h1-4,7-9,12-13,26H,5-6,10-11H2,(H,23,27)/b21-13-. The number of nitrogens with one attached hydrogen (secondary N) is 1. The third-order valence-electron chi connectivity index (χ3n) is 4.66. The number of fused-ring (bicyclic) bond motifs is 1. The van der Waals surface area contributed by atoms with Gasteiger partial charge in [-0.05, 0) is 37.1 Å². The van der Waals surface area contributed by atoms with Gasteiger partial charge in [0.1, 0.15) is 22.8 Å². The van der Waals surface area contributed by atoms with E-state index in [0.29, 0.717) is 17.0 Å². The van der Waals surface area contributed by atoms with Crippen LogP contribution in [0.1, 0.15) is 28.8 Å². The van der Waals surface area contributed by atoms with E-state index in [1.807, 2.05) is 6.07 Å². The number of phenolic OH excluding ortho intramolecular Hbond substituents is 1. The van der Waals surface area contributed by atoms with E-state index >= 15 is 0 Å². The molecule has 1 fully saturated rings. The van der Waals surface area contributed by atoms with Crippen LogP contribution in [0.2, 0.25) is 0 Å². The molecule has 8 nitrogen and oxygen atoms in total. The molecule has 1 aliphatic rings. The number of nitrogens with zero attached hydrogens (tertiary/aromatic N) is 4. The van der Waals surface area contributed by atoms with Gasteiger partial charge in [0.05, 0.1) is 11.8 Å². The molecule has 1 amide bonds. The van der Waals surface area contributed by atoms with E-state index in [1.165, 1.54) is 22.7 Å². The monoisotopic (exact) mass is 377 g/mol. The van der Waals surface area contributed by atoms with E-state index in [0.717, 1.165) is 25.9 Å². The molecule has 4 rings (SSSR count). The van der Waals surface area contributed by atoms with Gasteiger partial charge in [0.25, 0.3) is 11.5 Å². The van der Waals surface area contributed by atoms with E-state index < -0.39 is 5.91 Å². The Bertz CT molecular complexity index is 1120. The zero-order chi connectivity index (χ0) is 19.5. The van der Waals surface area contributed by atoms with Gasteiger partial charge in [0.15, 0.2) is 0 Å². The molecule has 0 radical (unpaired) electrons. The first kappa shape index (κ1) is 17.7. The molecular formula is C20H19N5O3. The Kier molecular flexibility index (Phi) is 4.76. The van der Waals surface area contributed by atoms with Gasteiger partial charge in [-0.1, -0.05) is 18.2 Å². The number of hydrazone groups is 1. The molecule has 2 N–H and O–H groups in total. The van der Waals surface area contributed by atoms with Crippen LogP contribution >= 0.6 is 0 Å². The molecular weight excluding hydrogens is 358 g/mol. The van der Waals surface area contributed by atoms with Crippen LogP contribution in [0.3, 0.4) is 0 Å². The minimum Gasteiger partial charge on any atom is -0.507 e. The molecule has 28 heavy (non-hydrogen) atoms. The molecule has 0 spiro atoms. The number of hydrogen-bond acceptors (Lipinski definition) is 6. The van der Waals surface area contributed by atoms with Crippen molar-refractivity contribution < 1.29 is 9.90 Å². The minimum atomic E-state index is -0.564. The van der Waals surface area contributed by atoms with Crippen molar-refractivity contribution in [1.82, 2.24) is 14.8 Å². The largest absolute Gasteiger partial charge is 0.507 e. The number of aromatic nitrogens is 2. The topological polar surface area (TPSA) is 99.3 Å². The minimum absolute atomic E-state index is 0.104. The second-order valence-corrected chi connectivity index (χ2v) is 6.49. The van der Waals surface area contributed by atoms with Gasteiger partial charge in [-0.3, -0.25) is 14.0 Å². The lowest BCUT2D eigenvalue weighted by molar-refractivity contribution is 0.0952. The number of anilines is 1. The molecule has 0 atom stereocenters. The van der Waals surface area contributed by atoms with Crippen molar-refractivity contribution in [3.05, 3.63) is 70.1 Å². The number of phenols is 1. The fraction of sp³-hybridized carbons (Fsp3) is 0.200. The highest BCUT2D eigenvalue weighted by Gasteiger charge is 2.20. The number of amides is 1. The number of aromatic hydroxyl groups is 1. The van der Waals surface area contributed by atoms with Crippen LogP contribution in [0.15, 0.2) is 58.6 Å². The molecule has 1 saturated heterocycles. The number of pyridine rings is 1. The Morgan fingerprint density at radius 2 is 1.89 bits per heavy atom. The summed E-state index contributed by atoms with van der Waals surface area (Å²) >= 11 is 0. The second kappa shape index (κ2) is 7.51. The van der Waals surface area contributed by atoms with Gasteiger partial charge in [0.2, 0.25) is 0 Å². The summed E-state index contributed by atoms with van der Waals surface area (Å²) < 4.78 is 1.45. The average Bonchev–Trinajstić information content (AvgIpc) is 3.24. The maximum absolute atomic E-state index is 13.0. The lowest BCUT2D eigenvalue weighted by Gasteiger charge is -2.18. The van der Waals surface area contributed by atoms with Gasteiger partial charge < -0.3 is 10.0 Å². The summed E-state index contributed by atoms with van der Waals surface area (Å²) in [4.78, 5) is 31.8. The van der Waals surface area contributed by atoms with Crippen molar-refractivity contribution in [2.45, 2.75) is 12.8 Å². The SMILES string of the molecule is O=C(N/N=C\c1c(N2CCCC2)nc2ccccn2c1=O)c1ccccc1O. The normalized spacial score (nSPS) is 14.1. The van der Waals surface area contributed by atoms with Crippen LogP contribution in [-0.2, 0) is 0 Å². The first-order chi connectivity index (χ1) is 13.6. The van der Waals surface area contributed by atoms with Crippen LogP contribution in [0.5, 0.6) is 5.75 Å². The average molecular weight is 377 g/mol. The van der Waals surface area contributed by atoms with Crippen LogP contribution in [0.4, 0.5) is 5.82 Å². The summed E-state index contributed by atoms with van der Waals surface area (Å²) in [6, 6.07) is 11.5. The van der Waals surface area contributed by atoms with Gasteiger partial charge in [-0.25, -0.2) is 10.4 Å². The molecule has 0 unspecified atom stereocenters. The predicted octanol–water partition coefficient (Wildman–Crippen LogP) is 1.76. The number of hydrogen-bond donors (Lipinski definition) is 2. The fourth-order valence-electron chi connectivity index (χ4n) is 3.26. The van der Waals surface area contributed by atoms with Crippen molar-refractivity contribution in [3.63, 3.8) is 0 Å². The predicted molar refractivity (Wildman–Crippen MR) is 106 cm³/mol. The molecule has 0 saturated carbocycles. The number of carbonyl (C=O) groups excluding carboxylic acids is 1.